The predicted octanol–water partition coefficient (Wildman–Crippen LogP) is 3.91. The zero-order valence-corrected chi connectivity index (χ0v) is 18.0. The van der Waals surface area contributed by atoms with Crippen LogP contribution in [0.5, 0.6) is 0 Å². The molecule has 3 aromatic rings. The first-order chi connectivity index (χ1) is 14.2. The van der Waals surface area contributed by atoms with E-state index >= 15 is 0 Å². The summed E-state index contributed by atoms with van der Waals surface area (Å²) in [6.07, 6.45) is 0. The minimum absolute atomic E-state index is 0.105. The maximum Gasteiger partial charge on any atom is 0.241 e. The molecule has 0 aliphatic carbocycles. The average molecular weight is 429 g/mol. The molecule has 1 atom stereocenters. The normalized spacial score (nSPS) is 12.8. The van der Waals surface area contributed by atoms with E-state index in [9.17, 15) is 17.6 Å². The number of carbonyl (C=O) groups is 1. The van der Waals surface area contributed by atoms with E-state index in [2.05, 4.69) is 10.0 Å². The maximum absolute atomic E-state index is 13.4. The highest BCUT2D eigenvalue weighted by Crippen LogP contribution is 2.20. The molecule has 0 spiro atoms. The molecule has 0 aliphatic rings. The smallest absolute Gasteiger partial charge is 0.241 e. The summed E-state index contributed by atoms with van der Waals surface area (Å²) in [4.78, 5) is 12.8. The van der Waals surface area contributed by atoms with Crippen LogP contribution in [0.1, 0.15) is 25.0 Å². The fourth-order valence-electron chi connectivity index (χ4n) is 3.18. The lowest BCUT2D eigenvalue weighted by molar-refractivity contribution is -0.123. The molecule has 0 aliphatic heterocycles. The number of rotatable bonds is 7. The van der Waals surface area contributed by atoms with Crippen molar-refractivity contribution in [3.8, 4) is 0 Å². The van der Waals surface area contributed by atoms with Crippen LogP contribution in [0.4, 0.5) is 4.39 Å². The molecular weight excluding hydrogens is 403 g/mol. The van der Waals surface area contributed by atoms with Gasteiger partial charge in [0.25, 0.3) is 0 Å². The van der Waals surface area contributed by atoms with Crippen LogP contribution in [0.25, 0.3) is 10.8 Å². The van der Waals surface area contributed by atoms with Crippen molar-refractivity contribution >= 4 is 26.7 Å². The van der Waals surface area contributed by atoms with E-state index in [0.29, 0.717) is 5.56 Å². The van der Waals surface area contributed by atoms with Crippen molar-refractivity contribution in [3.05, 3.63) is 77.6 Å². The first-order valence-electron chi connectivity index (χ1n) is 9.71. The molecule has 0 radical (unpaired) electrons. The van der Waals surface area contributed by atoms with Crippen molar-refractivity contribution in [2.75, 3.05) is 0 Å². The van der Waals surface area contributed by atoms with Gasteiger partial charge >= 0.3 is 0 Å². The number of nitrogens with one attached hydrogen (secondary N) is 2. The van der Waals surface area contributed by atoms with Crippen molar-refractivity contribution in [2.45, 2.75) is 38.3 Å². The van der Waals surface area contributed by atoms with Gasteiger partial charge in [0.05, 0.1) is 4.90 Å². The molecule has 30 heavy (non-hydrogen) atoms. The molecule has 158 valence electrons. The van der Waals surface area contributed by atoms with Gasteiger partial charge in [0, 0.05) is 6.54 Å². The van der Waals surface area contributed by atoms with Gasteiger partial charge in [-0.2, -0.15) is 4.72 Å². The number of hydrogen-bond donors (Lipinski definition) is 2. The van der Waals surface area contributed by atoms with Crippen LogP contribution in [0.15, 0.2) is 65.6 Å². The molecular formula is C23H25FN2O3S. The number of benzene rings is 3. The zero-order valence-electron chi connectivity index (χ0n) is 17.1. The van der Waals surface area contributed by atoms with E-state index in [1.54, 1.807) is 45.0 Å². The van der Waals surface area contributed by atoms with Crippen LogP contribution < -0.4 is 10.0 Å². The third-order valence-corrected chi connectivity index (χ3v) is 6.39. The summed E-state index contributed by atoms with van der Waals surface area (Å²) >= 11 is 0. The van der Waals surface area contributed by atoms with E-state index < -0.39 is 22.0 Å². The van der Waals surface area contributed by atoms with Crippen molar-refractivity contribution in [2.24, 2.45) is 5.92 Å². The van der Waals surface area contributed by atoms with Crippen LogP contribution in [0, 0.1) is 18.7 Å². The molecule has 0 saturated carbocycles. The van der Waals surface area contributed by atoms with Gasteiger partial charge in [-0.3, -0.25) is 4.79 Å². The number of carbonyl (C=O) groups excluding carboxylic acids is 1. The van der Waals surface area contributed by atoms with Crippen molar-refractivity contribution < 1.29 is 17.6 Å². The van der Waals surface area contributed by atoms with Gasteiger partial charge in [-0.05, 0) is 52.9 Å². The highest BCUT2D eigenvalue weighted by Gasteiger charge is 2.28. The number of sulfonamides is 1. The molecule has 0 bridgehead atoms. The number of halogens is 1. The summed E-state index contributed by atoms with van der Waals surface area (Å²) in [6.45, 7) is 5.38. The van der Waals surface area contributed by atoms with Gasteiger partial charge in [-0.1, -0.05) is 56.3 Å². The molecule has 7 heteroatoms. The molecule has 0 heterocycles. The standard InChI is InChI=1S/C23H25FN2O3S/c1-15(2)22(23(27)25-14-17-8-11-21(24)16(3)12-17)26-30(28,29)20-10-9-18-6-4-5-7-19(18)13-20/h4-13,15,22,26H,14H2,1-3H3,(H,25,27). The van der Waals surface area contributed by atoms with Gasteiger partial charge in [-0.15, -0.1) is 0 Å². The summed E-state index contributed by atoms with van der Waals surface area (Å²) in [7, 11) is -3.90. The fourth-order valence-corrected chi connectivity index (χ4v) is 4.56. The first-order valence-corrected chi connectivity index (χ1v) is 11.2. The van der Waals surface area contributed by atoms with Gasteiger partial charge in [0.15, 0.2) is 0 Å². The minimum Gasteiger partial charge on any atom is -0.351 e. The lowest BCUT2D eigenvalue weighted by Gasteiger charge is -2.22. The van der Waals surface area contributed by atoms with Crippen LogP contribution in [0.3, 0.4) is 0 Å². The minimum atomic E-state index is -3.90. The van der Waals surface area contributed by atoms with Crippen LogP contribution in [-0.2, 0) is 21.4 Å². The lowest BCUT2D eigenvalue weighted by Crippen LogP contribution is -2.49. The Labute approximate surface area is 176 Å². The SMILES string of the molecule is Cc1cc(CNC(=O)C(NS(=O)(=O)c2ccc3ccccc3c2)C(C)C)ccc1F. The molecule has 0 aromatic heterocycles. The Morgan fingerprint density at radius 1 is 1.00 bits per heavy atom. The monoisotopic (exact) mass is 428 g/mol. The zero-order chi connectivity index (χ0) is 21.9. The van der Waals surface area contributed by atoms with Crippen molar-refractivity contribution in [1.29, 1.82) is 0 Å². The second kappa shape index (κ2) is 8.93. The van der Waals surface area contributed by atoms with E-state index in [-0.39, 0.29) is 23.2 Å². The molecule has 1 unspecified atom stereocenters. The summed E-state index contributed by atoms with van der Waals surface area (Å²) in [6, 6.07) is 16.0. The second-order valence-corrected chi connectivity index (χ2v) is 9.37. The Morgan fingerprint density at radius 3 is 2.37 bits per heavy atom. The lowest BCUT2D eigenvalue weighted by atomic mass is 10.0. The second-order valence-electron chi connectivity index (χ2n) is 7.65. The highest BCUT2D eigenvalue weighted by atomic mass is 32.2. The molecule has 0 fully saturated rings. The molecule has 5 nitrogen and oxygen atoms in total. The third kappa shape index (κ3) is 5.04. The molecule has 3 rings (SSSR count). The molecule has 1 amide bonds. The molecule has 0 saturated heterocycles. The predicted molar refractivity (Wildman–Crippen MR) is 116 cm³/mol. The van der Waals surface area contributed by atoms with Crippen molar-refractivity contribution in [1.82, 2.24) is 10.0 Å². The topological polar surface area (TPSA) is 75.3 Å². The Kier molecular flexibility index (Phi) is 6.53. The largest absolute Gasteiger partial charge is 0.351 e. The first kappa shape index (κ1) is 21.9. The number of amides is 1. The maximum atomic E-state index is 13.4. The van der Waals surface area contributed by atoms with E-state index in [0.717, 1.165) is 16.3 Å². The van der Waals surface area contributed by atoms with E-state index in [1.165, 1.54) is 12.1 Å². The quantitative estimate of drug-likeness (QED) is 0.599. The number of hydrogen-bond acceptors (Lipinski definition) is 3. The van der Waals surface area contributed by atoms with Gasteiger partial charge in [0.2, 0.25) is 15.9 Å². The average Bonchev–Trinajstić information content (AvgIpc) is 2.72. The highest BCUT2D eigenvalue weighted by molar-refractivity contribution is 7.89. The third-order valence-electron chi connectivity index (χ3n) is 4.95. The Bertz CT molecular complexity index is 1180. The summed E-state index contributed by atoms with van der Waals surface area (Å²) in [5, 5.41) is 4.48. The van der Waals surface area contributed by atoms with Gasteiger partial charge < -0.3 is 5.32 Å². The van der Waals surface area contributed by atoms with Gasteiger partial charge in [0.1, 0.15) is 11.9 Å². The fraction of sp³-hybridized carbons (Fsp3) is 0.261. The van der Waals surface area contributed by atoms with Crippen LogP contribution in [0.2, 0.25) is 0 Å². The Hall–Kier alpha value is -2.77. The number of aryl methyl sites for hydroxylation is 1. The van der Waals surface area contributed by atoms with Crippen molar-refractivity contribution in [3.63, 3.8) is 0 Å². The van der Waals surface area contributed by atoms with E-state index in [1.807, 2.05) is 24.3 Å². The summed E-state index contributed by atoms with van der Waals surface area (Å²) < 4.78 is 41.8. The summed E-state index contributed by atoms with van der Waals surface area (Å²) in [5.41, 5.74) is 1.22. The Balaban J connectivity index is 1.75. The van der Waals surface area contributed by atoms with E-state index in [4.69, 9.17) is 0 Å². The van der Waals surface area contributed by atoms with Crippen LogP contribution in [-0.4, -0.2) is 20.4 Å². The summed E-state index contributed by atoms with van der Waals surface area (Å²) in [5.74, 6) is -1.01. The number of fused-ring (bicyclic) bond motifs is 1. The Morgan fingerprint density at radius 2 is 1.70 bits per heavy atom. The van der Waals surface area contributed by atoms with Crippen LogP contribution >= 0.6 is 0 Å². The molecule has 2 N–H and O–H groups in total. The van der Waals surface area contributed by atoms with Gasteiger partial charge in [-0.25, -0.2) is 12.8 Å². The molecule has 3 aromatic carbocycles.